The molecule has 0 bridgehead atoms. The first kappa shape index (κ1) is 17.7. The Bertz CT molecular complexity index is 874. The minimum atomic E-state index is -1.12. The van der Waals surface area contributed by atoms with E-state index in [0.29, 0.717) is 18.0 Å². The molecule has 0 spiro atoms. The van der Waals surface area contributed by atoms with E-state index in [-0.39, 0.29) is 11.7 Å². The molecule has 1 aromatic heterocycles. The minimum absolute atomic E-state index is 0.293. The molecule has 0 fully saturated rings. The summed E-state index contributed by atoms with van der Waals surface area (Å²) in [7, 11) is 0. The zero-order chi connectivity index (χ0) is 18.6. The fraction of sp³-hybridized carbons (Fsp3) is 0.200. The first-order valence-corrected chi connectivity index (χ1v) is 8.25. The third-order valence-electron chi connectivity index (χ3n) is 3.82. The summed E-state index contributed by atoms with van der Waals surface area (Å²) < 4.78 is 20.5. The van der Waals surface area contributed by atoms with Crippen molar-refractivity contribution >= 4 is 11.6 Å². The minimum Gasteiger partial charge on any atom is -0.478 e. The van der Waals surface area contributed by atoms with Gasteiger partial charge in [-0.05, 0) is 61.9 Å². The molecule has 0 unspecified atom stereocenters. The normalized spacial score (nSPS) is 11.2. The van der Waals surface area contributed by atoms with Gasteiger partial charge in [0.1, 0.15) is 11.6 Å². The smallest absolute Gasteiger partial charge is 0.267 e. The summed E-state index contributed by atoms with van der Waals surface area (Å²) in [4.78, 5) is 12.6. The molecule has 6 heteroatoms. The Balaban J connectivity index is 1.67. The predicted molar refractivity (Wildman–Crippen MR) is 97.5 cm³/mol. The number of nitrogens with zero attached hydrogens (tertiary/aromatic N) is 2. The van der Waals surface area contributed by atoms with Crippen LogP contribution in [0.1, 0.15) is 19.4 Å². The standard InChI is InChI=1S/C20H20FN3O2/c1-20(2,26-18-9-7-16(21)8-10-18)19(25)23-17-6-3-5-15(13-17)14-24-12-4-11-22-24/h3-13H,14H2,1-2H3,(H,23,25). The van der Waals surface area contributed by atoms with Crippen LogP contribution < -0.4 is 10.1 Å². The van der Waals surface area contributed by atoms with Crippen LogP contribution in [0.3, 0.4) is 0 Å². The Morgan fingerprint density at radius 2 is 1.96 bits per heavy atom. The summed E-state index contributed by atoms with van der Waals surface area (Å²) in [5.41, 5.74) is 0.578. The Morgan fingerprint density at radius 1 is 1.19 bits per heavy atom. The lowest BCUT2D eigenvalue weighted by atomic mass is 10.1. The maximum atomic E-state index is 13.0. The number of carbonyl (C=O) groups excluding carboxylic acids is 1. The first-order valence-electron chi connectivity index (χ1n) is 8.25. The van der Waals surface area contributed by atoms with Gasteiger partial charge in [0.05, 0.1) is 6.54 Å². The van der Waals surface area contributed by atoms with Crippen molar-refractivity contribution in [2.45, 2.75) is 26.0 Å². The number of anilines is 1. The molecule has 0 aliphatic rings. The number of halogens is 1. The van der Waals surface area contributed by atoms with Gasteiger partial charge in [-0.1, -0.05) is 12.1 Å². The molecule has 0 aliphatic heterocycles. The number of amides is 1. The van der Waals surface area contributed by atoms with Gasteiger partial charge in [-0.3, -0.25) is 9.48 Å². The highest BCUT2D eigenvalue weighted by Crippen LogP contribution is 2.21. The van der Waals surface area contributed by atoms with Crippen molar-refractivity contribution in [2.75, 3.05) is 5.32 Å². The molecule has 0 atom stereocenters. The maximum Gasteiger partial charge on any atom is 0.267 e. The SMILES string of the molecule is CC(C)(Oc1ccc(F)cc1)C(=O)Nc1cccc(Cn2cccn2)c1. The molecule has 0 radical (unpaired) electrons. The fourth-order valence-electron chi connectivity index (χ4n) is 2.45. The second-order valence-electron chi connectivity index (χ2n) is 6.42. The molecule has 1 amide bonds. The number of carbonyl (C=O) groups is 1. The van der Waals surface area contributed by atoms with Gasteiger partial charge in [0.2, 0.25) is 0 Å². The van der Waals surface area contributed by atoms with Crippen molar-refractivity contribution in [3.8, 4) is 5.75 Å². The van der Waals surface area contributed by atoms with Crippen molar-refractivity contribution in [2.24, 2.45) is 0 Å². The van der Waals surface area contributed by atoms with E-state index in [0.717, 1.165) is 5.56 Å². The van der Waals surface area contributed by atoms with Crippen molar-refractivity contribution in [3.05, 3.63) is 78.4 Å². The molecule has 3 rings (SSSR count). The molecule has 3 aromatic rings. The molecule has 0 saturated carbocycles. The van der Waals surface area contributed by atoms with E-state index in [4.69, 9.17) is 4.74 Å². The first-order chi connectivity index (χ1) is 12.4. The molecule has 1 heterocycles. The third-order valence-corrected chi connectivity index (χ3v) is 3.82. The number of ether oxygens (including phenoxy) is 1. The number of benzene rings is 2. The summed E-state index contributed by atoms with van der Waals surface area (Å²) in [5.74, 6) is -0.217. The number of hydrogen-bond acceptors (Lipinski definition) is 3. The lowest BCUT2D eigenvalue weighted by Crippen LogP contribution is -2.42. The van der Waals surface area contributed by atoms with Crippen LogP contribution in [0.5, 0.6) is 5.75 Å². The van der Waals surface area contributed by atoms with Gasteiger partial charge in [0.15, 0.2) is 5.60 Å². The zero-order valence-corrected chi connectivity index (χ0v) is 14.6. The predicted octanol–water partition coefficient (Wildman–Crippen LogP) is 3.87. The van der Waals surface area contributed by atoms with Crippen molar-refractivity contribution in [3.63, 3.8) is 0 Å². The van der Waals surface area contributed by atoms with Crippen LogP contribution in [0, 0.1) is 5.82 Å². The summed E-state index contributed by atoms with van der Waals surface area (Å²) in [6.07, 6.45) is 3.60. The van der Waals surface area contributed by atoms with E-state index in [1.54, 1.807) is 20.0 Å². The lowest BCUT2D eigenvalue weighted by Gasteiger charge is -2.25. The molecular weight excluding hydrogens is 333 g/mol. The Hall–Kier alpha value is -3.15. The van der Waals surface area contributed by atoms with Crippen molar-refractivity contribution in [1.29, 1.82) is 0 Å². The van der Waals surface area contributed by atoms with E-state index >= 15 is 0 Å². The highest BCUT2D eigenvalue weighted by atomic mass is 19.1. The second-order valence-corrected chi connectivity index (χ2v) is 6.42. The van der Waals surface area contributed by atoms with E-state index < -0.39 is 5.60 Å². The third kappa shape index (κ3) is 4.47. The van der Waals surface area contributed by atoms with Crippen LogP contribution in [-0.2, 0) is 11.3 Å². The van der Waals surface area contributed by atoms with Crippen LogP contribution >= 0.6 is 0 Å². The second kappa shape index (κ2) is 7.39. The van der Waals surface area contributed by atoms with Crippen LogP contribution in [0.4, 0.5) is 10.1 Å². The van der Waals surface area contributed by atoms with Crippen LogP contribution in [-0.4, -0.2) is 21.3 Å². The summed E-state index contributed by atoms with van der Waals surface area (Å²) in [5, 5.41) is 7.04. The molecular formula is C20H20FN3O2. The van der Waals surface area contributed by atoms with Gasteiger partial charge in [0.25, 0.3) is 5.91 Å². The van der Waals surface area contributed by atoms with Gasteiger partial charge < -0.3 is 10.1 Å². The molecule has 134 valence electrons. The van der Waals surface area contributed by atoms with Crippen molar-refractivity contribution in [1.82, 2.24) is 9.78 Å². The average molecular weight is 353 g/mol. The summed E-state index contributed by atoms with van der Waals surface area (Å²) in [6, 6.07) is 15.0. The van der Waals surface area contributed by atoms with E-state index in [9.17, 15) is 9.18 Å². The molecule has 1 N–H and O–H groups in total. The molecule has 2 aromatic carbocycles. The molecule has 26 heavy (non-hydrogen) atoms. The average Bonchev–Trinajstić information content (AvgIpc) is 3.10. The maximum absolute atomic E-state index is 13.0. The Kier molecular flexibility index (Phi) is 5.02. The van der Waals surface area contributed by atoms with Gasteiger partial charge >= 0.3 is 0 Å². The number of aromatic nitrogens is 2. The lowest BCUT2D eigenvalue weighted by molar-refractivity contribution is -0.128. The van der Waals surface area contributed by atoms with Crippen LogP contribution in [0.2, 0.25) is 0 Å². The van der Waals surface area contributed by atoms with Crippen LogP contribution in [0.25, 0.3) is 0 Å². The monoisotopic (exact) mass is 353 g/mol. The van der Waals surface area contributed by atoms with Gasteiger partial charge in [-0.2, -0.15) is 5.10 Å². The highest BCUT2D eigenvalue weighted by molar-refractivity contribution is 5.97. The topological polar surface area (TPSA) is 56.1 Å². The van der Waals surface area contributed by atoms with E-state index in [2.05, 4.69) is 10.4 Å². The Morgan fingerprint density at radius 3 is 2.65 bits per heavy atom. The zero-order valence-electron chi connectivity index (χ0n) is 14.6. The fourth-order valence-corrected chi connectivity index (χ4v) is 2.45. The van der Waals surface area contributed by atoms with Crippen molar-refractivity contribution < 1.29 is 13.9 Å². The summed E-state index contributed by atoms with van der Waals surface area (Å²) >= 11 is 0. The highest BCUT2D eigenvalue weighted by Gasteiger charge is 2.30. The summed E-state index contributed by atoms with van der Waals surface area (Å²) in [6.45, 7) is 3.95. The quantitative estimate of drug-likeness (QED) is 0.732. The van der Waals surface area contributed by atoms with Gasteiger partial charge in [-0.15, -0.1) is 0 Å². The van der Waals surface area contributed by atoms with Gasteiger partial charge in [-0.25, -0.2) is 4.39 Å². The largest absolute Gasteiger partial charge is 0.478 e. The van der Waals surface area contributed by atoms with E-state index in [1.165, 1.54) is 24.3 Å². The van der Waals surface area contributed by atoms with Gasteiger partial charge in [0, 0.05) is 18.1 Å². The number of nitrogens with one attached hydrogen (secondary N) is 1. The Labute approximate surface area is 151 Å². The number of rotatable bonds is 6. The van der Waals surface area contributed by atoms with E-state index in [1.807, 2.05) is 41.2 Å². The van der Waals surface area contributed by atoms with Crippen LogP contribution in [0.15, 0.2) is 67.0 Å². The molecule has 0 aliphatic carbocycles. The molecule has 5 nitrogen and oxygen atoms in total. The molecule has 0 saturated heterocycles. The number of hydrogen-bond donors (Lipinski definition) is 1.